The van der Waals surface area contributed by atoms with Crippen LogP contribution >= 0.6 is 0 Å². The van der Waals surface area contributed by atoms with Crippen molar-refractivity contribution >= 4 is 0 Å². The molecule has 0 heterocycles. The molecule has 0 aromatic rings. The van der Waals surface area contributed by atoms with Gasteiger partial charge in [0.1, 0.15) is 0 Å². The lowest BCUT2D eigenvalue weighted by molar-refractivity contribution is 0.0591. The minimum absolute atomic E-state index is 0.193. The van der Waals surface area contributed by atoms with E-state index >= 15 is 0 Å². The van der Waals surface area contributed by atoms with Crippen molar-refractivity contribution in [2.45, 2.75) is 50.7 Å². The van der Waals surface area contributed by atoms with Gasteiger partial charge in [0.15, 0.2) is 0 Å². The first-order valence-corrected chi connectivity index (χ1v) is 5.51. The zero-order valence-electron chi connectivity index (χ0n) is 8.95. The van der Waals surface area contributed by atoms with Crippen LogP contribution in [0.1, 0.15) is 38.5 Å². The predicted molar refractivity (Wildman–Crippen MR) is 55.7 cm³/mol. The molecule has 0 saturated heterocycles. The molecule has 2 unspecified atom stereocenters. The van der Waals surface area contributed by atoms with E-state index in [4.69, 9.17) is 5.26 Å². The molecule has 0 aliphatic heterocycles. The smallest absolute Gasteiger partial charge is 0.0695 e. The molecular formula is C11H20N2O. The Morgan fingerprint density at radius 2 is 2.07 bits per heavy atom. The van der Waals surface area contributed by atoms with Crippen molar-refractivity contribution in [2.75, 3.05) is 13.6 Å². The zero-order valence-corrected chi connectivity index (χ0v) is 8.95. The van der Waals surface area contributed by atoms with Gasteiger partial charge in [-0.25, -0.2) is 0 Å². The predicted octanol–water partition coefficient (Wildman–Crippen LogP) is 1.53. The van der Waals surface area contributed by atoms with Crippen molar-refractivity contribution in [3.63, 3.8) is 0 Å². The number of nitrogens with zero attached hydrogens (tertiary/aromatic N) is 2. The lowest BCUT2D eigenvalue weighted by Gasteiger charge is -2.29. The van der Waals surface area contributed by atoms with Gasteiger partial charge in [-0.2, -0.15) is 5.26 Å². The lowest BCUT2D eigenvalue weighted by Crippen LogP contribution is -2.41. The summed E-state index contributed by atoms with van der Waals surface area (Å²) in [7, 11) is 2.01. The Labute approximate surface area is 86.3 Å². The molecule has 1 aliphatic carbocycles. The summed E-state index contributed by atoms with van der Waals surface area (Å²) in [6.07, 6.45) is 5.94. The van der Waals surface area contributed by atoms with Crippen LogP contribution in [-0.2, 0) is 0 Å². The van der Waals surface area contributed by atoms with Crippen LogP contribution in [0.4, 0.5) is 0 Å². The molecule has 3 heteroatoms. The van der Waals surface area contributed by atoms with Crippen molar-refractivity contribution in [2.24, 2.45) is 0 Å². The first-order valence-electron chi connectivity index (χ1n) is 5.51. The fourth-order valence-corrected chi connectivity index (χ4v) is 2.17. The van der Waals surface area contributed by atoms with Gasteiger partial charge in [-0.3, -0.25) is 4.90 Å². The van der Waals surface area contributed by atoms with E-state index in [1.165, 1.54) is 12.8 Å². The van der Waals surface area contributed by atoms with Gasteiger partial charge in [0.2, 0.25) is 0 Å². The Morgan fingerprint density at radius 1 is 1.36 bits per heavy atom. The summed E-state index contributed by atoms with van der Waals surface area (Å²) in [4.78, 5) is 2.14. The van der Waals surface area contributed by atoms with E-state index in [1.807, 2.05) is 7.05 Å². The second-order valence-electron chi connectivity index (χ2n) is 4.16. The minimum Gasteiger partial charge on any atom is -0.391 e. The Bertz CT molecular complexity index is 200. The number of hydrogen-bond donors (Lipinski definition) is 1. The average Bonchev–Trinajstić information content (AvgIpc) is 2.39. The largest absolute Gasteiger partial charge is 0.391 e. The van der Waals surface area contributed by atoms with Crippen LogP contribution in [0.25, 0.3) is 0 Å². The van der Waals surface area contributed by atoms with Crippen LogP contribution in [0.5, 0.6) is 0 Å². The molecule has 0 bridgehead atoms. The highest BCUT2D eigenvalue weighted by Crippen LogP contribution is 2.21. The SMILES string of the molecule is CN(CCC#N)C1CCCCCC1O. The standard InChI is InChI=1S/C11H20N2O/c1-13(9-5-8-12)10-6-3-2-4-7-11(10)14/h10-11,14H,2-7,9H2,1H3. The molecule has 0 aromatic carbocycles. The van der Waals surface area contributed by atoms with Crippen LogP contribution < -0.4 is 0 Å². The first-order chi connectivity index (χ1) is 6.75. The maximum atomic E-state index is 9.89. The highest BCUT2D eigenvalue weighted by atomic mass is 16.3. The second kappa shape index (κ2) is 6.00. The molecular weight excluding hydrogens is 176 g/mol. The van der Waals surface area contributed by atoms with E-state index in [1.54, 1.807) is 0 Å². The van der Waals surface area contributed by atoms with Gasteiger partial charge in [-0.1, -0.05) is 19.3 Å². The molecule has 0 amide bonds. The van der Waals surface area contributed by atoms with Crippen LogP contribution in [0, 0.1) is 11.3 Å². The van der Waals surface area contributed by atoms with Crippen LogP contribution in [0.3, 0.4) is 0 Å². The molecule has 80 valence electrons. The molecule has 0 aromatic heterocycles. The van der Waals surface area contributed by atoms with E-state index in [0.717, 1.165) is 25.8 Å². The molecule has 1 N–H and O–H groups in total. The maximum absolute atomic E-state index is 9.89. The summed E-state index contributed by atoms with van der Waals surface area (Å²) >= 11 is 0. The lowest BCUT2D eigenvalue weighted by atomic mass is 10.0. The van der Waals surface area contributed by atoms with E-state index in [0.29, 0.717) is 6.42 Å². The summed E-state index contributed by atoms with van der Waals surface area (Å²) in [6.45, 7) is 0.776. The van der Waals surface area contributed by atoms with Crippen molar-refractivity contribution in [1.29, 1.82) is 5.26 Å². The van der Waals surface area contributed by atoms with E-state index < -0.39 is 0 Å². The highest BCUT2D eigenvalue weighted by molar-refractivity contribution is 4.82. The number of aliphatic hydroxyl groups excluding tert-OH is 1. The van der Waals surface area contributed by atoms with Crippen molar-refractivity contribution in [3.05, 3.63) is 0 Å². The van der Waals surface area contributed by atoms with Crippen LogP contribution in [-0.4, -0.2) is 35.7 Å². The molecule has 1 aliphatic rings. The highest BCUT2D eigenvalue weighted by Gasteiger charge is 2.24. The zero-order chi connectivity index (χ0) is 10.4. The Hall–Kier alpha value is -0.590. The maximum Gasteiger partial charge on any atom is 0.0695 e. The Balaban J connectivity index is 2.42. The minimum atomic E-state index is -0.193. The van der Waals surface area contributed by atoms with Crippen LogP contribution in [0.15, 0.2) is 0 Å². The molecule has 3 nitrogen and oxygen atoms in total. The van der Waals surface area contributed by atoms with E-state index in [2.05, 4.69) is 11.0 Å². The fourth-order valence-electron chi connectivity index (χ4n) is 2.17. The molecule has 1 rings (SSSR count). The number of nitriles is 1. The monoisotopic (exact) mass is 196 g/mol. The summed E-state index contributed by atoms with van der Waals surface area (Å²) in [6, 6.07) is 2.41. The number of aliphatic hydroxyl groups is 1. The van der Waals surface area contributed by atoms with E-state index in [-0.39, 0.29) is 12.1 Å². The molecule has 0 radical (unpaired) electrons. The fraction of sp³-hybridized carbons (Fsp3) is 0.909. The summed E-state index contributed by atoms with van der Waals surface area (Å²) in [5, 5.41) is 18.4. The van der Waals surface area contributed by atoms with Gasteiger partial charge in [0.25, 0.3) is 0 Å². The third-order valence-electron chi connectivity index (χ3n) is 3.09. The Kier molecular flexibility index (Phi) is 4.92. The summed E-state index contributed by atoms with van der Waals surface area (Å²) in [5.74, 6) is 0. The van der Waals surface area contributed by atoms with Crippen molar-refractivity contribution in [3.8, 4) is 6.07 Å². The number of likely N-dealkylation sites (N-methyl/N-ethyl adjacent to an activating group) is 1. The third-order valence-corrected chi connectivity index (χ3v) is 3.09. The number of rotatable bonds is 3. The average molecular weight is 196 g/mol. The van der Waals surface area contributed by atoms with Crippen molar-refractivity contribution in [1.82, 2.24) is 4.90 Å². The molecule has 1 fully saturated rings. The summed E-state index contributed by atoms with van der Waals surface area (Å²) < 4.78 is 0. The third kappa shape index (κ3) is 3.28. The number of hydrogen-bond acceptors (Lipinski definition) is 3. The van der Waals surface area contributed by atoms with E-state index in [9.17, 15) is 5.11 Å². The molecule has 14 heavy (non-hydrogen) atoms. The van der Waals surface area contributed by atoms with Gasteiger partial charge in [-0.15, -0.1) is 0 Å². The van der Waals surface area contributed by atoms with Gasteiger partial charge in [0, 0.05) is 19.0 Å². The van der Waals surface area contributed by atoms with Crippen molar-refractivity contribution < 1.29 is 5.11 Å². The second-order valence-corrected chi connectivity index (χ2v) is 4.16. The first kappa shape index (κ1) is 11.5. The molecule has 0 spiro atoms. The normalized spacial score (nSPS) is 28.4. The molecule has 1 saturated carbocycles. The van der Waals surface area contributed by atoms with Gasteiger partial charge < -0.3 is 5.11 Å². The van der Waals surface area contributed by atoms with Gasteiger partial charge >= 0.3 is 0 Å². The van der Waals surface area contributed by atoms with Gasteiger partial charge in [-0.05, 0) is 19.9 Å². The summed E-state index contributed by atoms with van der Waals surface area (Å²) in [5.41, 5.74) is 0. The van der Waals surface area contributed by atoms with Crippen LogP contribution in [0.2, 0.25) is 0 Å². The molecule has 2 atom stereocenters. The van der Waals surface area contributed by atoms with Gasteiger partial charge in [0.05, 0.1) is 12.2 Å². The topological polar surface area (TPSA) is 47.3 Å². The Morgan fingerprint density at radius 3 is 2.79 bits per heavy atom. The quantitative estimate of drug-likeness (QED) is 0.696.